The summed E-state index contributed by atoms with van der Waals surface area (Å²) < 4.78 is 9.63. The molecule has 0 amide bonds. The zero-order valence-corrected chi connectivity index (χ0v) is 8.97. The average Bonchev–Trinajstić information content (AvgIpc) is 2.25. The molecule has 5 heteroatoms. The molecule has 0 aromatic heterocycles. The van der Waals surface area contributed by atoms with Crippen molar-refractivity contribution in [2.24, 2.45) is 0 Å². The predicted molar refractivity (Wildman–Crippen MR) is 55.1 cm³/mol. The van der Waals surface area contributed by atoms with E-state index in [1.54, 1.807) is 24.3 Å². The van der Waals surface area contributed by atoms with Crippen LogP contribution in [-0.2, 0) is 14.3 Å². The standard InChI is InChI=1S/C11H12O5/c1-7(12)16-10(11(13)14)8-3-5-9(15-2)6-4-8/h3-6,10H,1-2H3,(H,13,14). The van der Waals surface area contributed by atoms with Crippen molar-refractivity contribution in [3.05, 3.63) is 29.8 Å². The molecular weight excluding hydrogens is 212 g/mol. The number of esters is 1. The van der Waals surface area contributed by atoms with Crippen molar-refractivity contribution in [1.82, 2.24) is 0 Å². The number of aliphatic carboxylic acids is 1. The van der Waals surface area contributed by atoms with Crippen LogP contribution in [0, 0.1) is 0 Å². The highest BCUT2D eigenvalue weighted by molar-refractivity contribution is 5.78. The number of benzene rings is 1. The number of hydrogen-bond donors (Lipinski definition) is 1. The fourth-order valence-electron chi connectivity index (χ4n) is 1.21. The smallest absolute Gasteiger partial charge is 0.349 e. The summed E-state index contributed by atoms with van der Waals surface area (Å²) in [6.07, 6.45) is -1.27. The van der Waals surface area contributed by atoms with Crippen molar-refractivity contribution >= 4 is 11.9 Å². The Hall–Kier alpha value is -2.04. The average molecular weight is 224 g/mol. The lowest BCUT2D eigenvalue weighted by Gasteiger charge is -2.12. The molecule has 0 aliphatic rings. The predicted octanol–water partition coefficient (Wildman–Crippen LogP) is 1.38. The van der Waals surface area contributed by atoms with E-state index >= 15 is 0 Å². The Morgan fingerprint density at radius 2 is 1.81 bits per heavy atom. The van der Waals surface area contributed by atoms with Crippen LogP contribution in [-0.4, -0.2) is 24.2 Å². The Bertz CT molecular complexity index is 382. The number of ether oxygens (including phenoxy) is 2. The third kappa shape index (κ3) is 2.98. The third-order valence-electron chi connectivity index (χ3n) is 1.93. The highest BCUT2D eigenvalue weighted by Gasteiger charge is 2.22. The van der Waals surface area contributed by atoms with E-state index in [2.05, 4.69) is 0 Å². The van der Waals surface area contributed by atoms with Crippen molar-refractivity contribution in [2.45, 2.75) is 13.0 Å². The third-order valence-corrected chi connectivity index (χ3v) is 1.93. The SMILES string of the molecule is COc1ccc(C(OC(C)=O)C(=O)O)cc1. The number of carboxylic acid groups (broad SMARTS) is 1. The van der Waals surface area contributed by atoms with Gasteiger partial charge in [0, 0.05) is 12.5 Å². The first-order valence-corrected chi connectivity index (χ1v) is 4.58. The number of rotatable bonds is 4. The van der Waals surface area contributed by atoms with Crippen LogP contribution in [0.25, 0.3) is 0 Å². The molecule has 0 fully saturated rings. The Morgan fingerprint density at radius 1 is 1.25 bits per heavy atom. The number of methoxy groups -OCH3 is 1. The summed E-state index contributed by atoms with van der Waals surface area (Å²) in [4.78, 5) is 21.6. The van der Waals surface area contributed by atoms with E-state index in [1.165, 1.54) is 14.0 Å². The van der Waals surface area contributed by atoms with E-state index in [1.807, 2.05) is 0 Å². The summed E-state index contributed by atoms with van der Waals surface area (Å²) in [7, 11) is 1.51. The molecule has 86 valence electrons. The largest absolute Gasteiger partial charge is 0.497 e. The minimum Gasteiger partial charge on any atom is -0.497 e. The highest BCUT2D eigenvalue weighted by Crippen LogP contribution is 2.21. The van der Waals surface area contributed by atoms with Gasteiger partial charge in [-0.2, -0.15) is 0 Å². The number of carboxylic acids is 1. The van der Waals surface area contributed by atoms with Gasteiger partial charge in [-0.15, -0.1) is 0 Å². The van der Waals surface area contributed by atoms with Crippen LogP contribution >= 0.6 is 0 Å². The lowest BCUT2D eigenvalue weighted by atomic mass is 10.1. The Labute approximate surface area is 92.6 Å². The lowest BCUT2D eigenvalue weighted by Crippen LogP contribution is -2.17. The van der Waals surface area contributed by atoms with E-state index in [-0.39, 0.29) is 0 Å². The lowest BCUT2D eigenvalue weighted by molar-refractivity contribution is -0.163. The second-order valence-corrected chi connectivity index (χ2v) is 3.10. The maximum Gasteiger partial charge on any atom is 0.349 e. The molecule has 0 heterocycles. The first-order chi connectivity index (χ1) is 7.54. The highest BCUT2D eigenvalue weighted by atomic mass is 16.6. The van der Waals surface area contributed by atoms with Crippen LogP contribution in [0.2, 0.25) is 0 Å². The maximum absolute atomic E-state index is 10.9. The van der Waals surface area contributed by atoms with Crippen molar-refractivity contribution in [2.75, 3.05) is 7.11 Å². The summed E-state index contributed by atoms with van der Waals surface area (Å²) in [5.74, 6) is -1.24. The summed E-state index contributed by atoms with van der Waals surface area (Å²) >= 11 is 0. The molecule has 1 unspecified atom stereocenters. The van der Waals surface area contributed by atoms with Crippen LogP contribution < -0.4 is 4.74 Å². The molecule has 0 aliphatic heterocycles. The van der Waals surface area contributed by atoms with Crippen molar-refractivity contribution < 1.29 is 24.2 Å². The molecule has 0 spiro atoms. The molecule has 1 rings (SSSR count). The topological polar surface area (TPSA) is 72.8 Å². The molecule has 0 saturated heterocycles. The van der Waals surface area contributed by atoms with Crippen molar-refractivity contribution in [3.63, 3.8) is 0 Å². The van der Waals surface area contributed by atoms with Gasteiger partial charge in [-0.1, -0.05) is 12.1 Å². The summed E-state index contributed by atoms with van der Waals surface area (Å²) in [5, 5.41) is 8.89. The molecule has 5 nitrogen and oxygen atoms in total. The minimum absolute atomic E-state index is 0.392. The molecule has 1 aromatic rings. The monoisotopic (exact) mass is 224 g/mol. The van der Waals surface area contributed by atoms with Gasteiger partial charge in [0.25, 0.3) is 0 Å². The van der Waals surface area contributed by atoms with Gasteiger partial charge >= 0.3 is 11.9 Å². The number of hydrogen-bond acceptors (Lipinski definition) is 4. The fourth-order valence-corrected chi connectivity index (χ4v) is 1.21. The van der Waals surface area contributed by atoms with Crippen molar-refractivity contribution in [1.29, 1.82) is 0 Å². The molecule has 1 aromatic carbocycles. The normalized spacial score (nSPS) is 11.6. The summed E-state index contributed by atoms with van der Waals surface area (Å²) in [6, 6.07) is 6.30. The second kappa shape index (κ2) is 5.16. The minimum atomic E-state index is -1.27. The van der Waals surface area contributed by atoms with Crippen LogP contribution in [0.4, 0.5) is 0 Å². The molecular formula is C11H12O5. The maximum atomic E-state index is 10.9. The van der Waals surface area contributed by atoms with E-state index in [4.69, 9.17) is 14.6 Å². The van der Waals surface area contributed by atoms with Gasteiger partial charge < -0.3 is 14.6 Å². The molecule has 0 radical (unpaired) electrons. The molecule has 1 N–H and O–H groups in total. The Balaban J connectivity index is 2.92. The number of carbonyl (C=O) groups is 2. The fraction of sp³-hybridized carbons (Fsp3) is 0.273. The van der Waals surface area contributed by atoms with Gasteiger partial charge in [-0.3, -0.25) is 4.79 Å². The van der Waals surface area contributed by atoms with E-state index in [9.17, 15) is 9.59 Å². The van der Waals surface area contributed by atoms with E-state index in [0.29, 0.717) is 11.3 Å². The van der Waals surface area contributed by atoms with Gasteiger partial charge in [0.2, 0.25) is 6.10 Å². The Morgan fingerprint density at radius 3 is 2.19 bits per heavy atom. The van der Waals surface area contributed by atoms with Gasteiger partial charge in [0.1, 0.15) is 5.75 Å². The van der Waals surface area contributed by atoms with E-state index < -0.39 is 18.0 Å². The molecule has 16 heavy (non-hydrogen) atoms. The zero-order valence-electron chi connectivity index (χ0n) is 8.97. The van der Waals surface area contributed by atoms with Gasteiger partial charge in [-0.25, -0.2) is 4.79 Å². The van der Waals surface area contributed by atoms with E-state index in [0.717, 1.165) is 0 Å². The van der Waals surface area contributed by atoms with Gasteiger partial charge in [0.15, 0.2) is 0 Å². The molecule has 0 bridgehead atoms. The van der Waals surface area contributed by atoms with Crippen LogP contribution in [0.3, 0.4) is 0 Å². The molecule has 0 saturated carbocycles. The van der Waals surface area contributed by atoms with Gasteiger partial charge in [0.05, 0.1) is 7.11 Å². The van der Waals surface area contributed by atoms with Crippen LogP contribution in [0.1, 0.15) is 18.6 Å². The quantitative estimate of drug-likeness (QED) is 0.782. The Kier molecular flexibility index (Phi) is 3.88. The van der Waals surface area contributed by atoms with Crippen LogP contribution in [0.15, 0.2) is 24.3 Å². The molecule has 0 aliphatic carbocycles. The van der Waals surface area contributed by atoms with Crippen LogP contribution in [0.5, 0.6) is 5.75 Å². The summed E-state index contributed by atoms with van der Waals surface area (Å²) in [6.45, 7) is 1.17. The second-order valence-electron chi connectivity index (χ2n) is 3.10. The molecule has 1 atom stereocenters. The zero-order chi connectivity index (χ0) is 12.1. The van der Waals surface area contributed by atoms with Gasteiger partial charge in [-0.05, 0) is 12.1 Å². The first-order valence-electron chi connectivity index (χ1n) is 4.58. The summed E-state index contributed by atoms with van der Waals surface area (Å²) in [5.41, 5.74) is 0.392. The first kappa shape index (κ1) is 12.0. The number of carbonyl (C=O) groups excluding carboxylic acids is 1. The van der Waals surface area contributed by atoms with Crippen molar-refractivity contribution in [3.8, 4) is 5.75 Å².